The number of nitro benzene ring substituents is 1. The van der Waals surface area contributed by atoms with Gasteiger partial charge in [0.1, 0.15) is 5.75 Å². The van der Waals surface area contributed by atoms with E-state index in [0.29, 0.717) is 17.0 Å². The van der Waals surface area contributed by atoms with Gasteiger partial charge in [0.25, 0.3) is 11.6 Å². The Bertz CT molecular complexity index is 1160. The van der Waals surface area contributed by atoms with E-state index in [4.69, 9.17) is 13.9 Å². The molecule has 11 heteroatoms. The molecule has 1 unspecified atom stereocenters. The van der Waals surface area contributed by atoms with Gasteiger partial charge in [-0.05, 0) is 24.3 Å². The lowest BCUT2D eigenvalue weighted by atomic mass is 10.1. The topological polar surface area (TPSA) is 138 Å². The molecule has 32 heavy (non-hydrogen) atoms. The number of hydrogen-bond donors (Lipinski definition) is 0. The van der Waals surface area contributed by atoms with Gasteiger partial charge in [0.2, 0.25) is 11.8 Å². The van der Waals surface area contributed by atoms with E-state index in [2.05, 4.69) is 10.2 Å². The molecular formula is C21H18N4O7. The Hall–Kier alpha value is -4.28. The number of nitrogens with zero attached hydrogens (tertiary/aromatic N) is 4. The molecule has 2 aromatic carbocycles. The highest BCUT2D eigenvalue weighted by Crippen LogP contribution is 2.33. The third kappa shape index (κ3) is 4.26. The van der Waals surface area contributed by atoms with Crippen LogP contribution in [0.5, 0.6) is 5.75 Å². The number of esters is 1. The maximum atomic E-state index is 12.5. The number of methoxy groups -OCH3 is 1. The number of nitro groups is 1. The van der Waals surface area contributed by atoms with Crippen LogP contribution in [0.4, 0.5) is 11.4 Å². The summed E-state index contributed by atoms with van der Waals surface area (Å²) in [7, 11) is 1.51. The number of carbonyl (C=O) groups excluding carboxylic acids is 2. The average Bonchev–Trinajstić information content (AvgIpc) is 3.44. The van der Waals surface area contributed by atoms with Crippen molar-refractivity contribution in [1.29, 1.82) is 0 Å². The number of carbonyl (C=O) groups is 2. The van der Waals surface area contributed by atoms with Crippen LogP contribution in [-0.2, 0) is 20.9 Å². The highest BCUT2D eigenvalue weighted by molar-refractivity contribution is 6.00. The summed E-state index contributed by atoms with van der Waals surface area (Å²) in [5, 5.41) is 18.4. The molecule has 164 valence electrons. The van der Waals surface area contributed by atoms with Gasteiger partial charge in [-0.1, -0.05) is 12.1 Å². The fourth-order valence-electron chi connectivity index (χ4n) is 3.36. The van der Waals surface area contributed by atoms with Crippen LogP contribution in [0.25, 0.3) is 11.5 Å². The van der Waals surface area contributed by atoms with Crippen molar-refractivity contribution in [3.05, 3.63) is 64.5 Å². The van der Waals surface area contributed by atoms with Crippen LogP contribution in [0.15, 0.2) is 52.9 Å². The van der Waals surface area contributed by atoms with Crippen LogP contribution in [0.1, 0.15) is 12.3 Å². The zero-order valence-corrected chi connectivity index (χ0v) is 17.0. The SMILES string of the molecule is COc1ccccc1N1CC(C(=O)OCc2nnc(-c3ccc([N+](=O)[O-])cc3)o2)CC1=O. The standard InChI is InChI=1S/C21H18N4O7/c1-30-17-5-3-2-4-16(17)24-11-14(10-19(24)26)21(27)31-12-18-22-23-20(32-18)13-6-8-15(9-7-13)25(28)29/h2-9,14H,10-12H2,1H3. The summed E-state index contributed by atoms with van der Waals surface area (Å²) in [6.07, 6.45) is 0.0226. The van der Waals surface area contributed by atoms with Gasteiger partial charge < -0.3 is 18.8 Å². The first kappa shape index (κ1) is 21.0. The lowest BCUT2D eigenvalue weighted by Crippen LogP contribution is -2.26. The molecule has 1 aromatic heterocycles. The number of para-hydroxylation sites is 2. The summed E-state index contributed by atoms with van der Waals surface area (Å²) in [4.78, 5) is 36.7. The fourth-order valence-corrected chi connectivity index (χ4v) is 3.36. The zero-order valence-electron chi connectivity index (χ0n) is 17.0. The van der Waals surface area contributed by atoms with E-state index in [-0.39, 0.29) is 42.9 Å². The van der Waals surface area contributed by atoms with Crippen molar-refractivity contribution < 1.29 is 28.4 Å². The highest BCUT2D eigenvalue weighted by atomic mass is 16.6. The molecule has 0 saturated carbocycles. The van der Waals surface area contributed by atoms with Crippen LogP contribution in [-0.4, -0.2) is 40.7 Å². The number of rotatable bonds is 7. The van der Waals surface area contributed by atoms with Gasteiger partial charge in [-0.15, -0.1) is 10.2 Å². The van der Waals surface area contributed by atoms with E-state index < -0.39 is 16.8 Å². The Labute approximate surface area is 181 Å². The van der Waals surface area contributed by atoms with Crippen molar-refractivity contribution in [2.75, 3.05) is 18.6 Å². The average molecular weight is 438 g/mol. The maximum absolute atomic E-state index is 12.5. The summed E-state index contributed by atoms with van der Waals surface area (Å²) in [5.41, 5.74) is 1.03. The molecule has 0 aliphatic carbocycles. The second-order valence-corrected chi connectivity index (χ2v) is 6.99. The van der Waals surface area contributed by atoms with Gasteiger partial charge in [0, 0.05) is 30.7 Å². The van der Waals surface area contributed by atoms with Crippen molar-refractivity contribution in [2.24, 2.45) is 5.92 Å². The van der Waals surface area contributed by atoms with E-state index in [9.17, 15) is 19.7 Å². The zero-order chi connectivity index (χ0) is 22.7. The van der Waals surface area contributed by atoms with Crippen molar-refractivity contribution in [3.8, 4) is 17.2 Å². The van der Waals surface area contributed by atoms with Crippen LogP contribution in [0.3, 0.4) is 0 Å². The van der Waals surface area contributed by atoms with Gasteiger partial charge in [0.05, 0.1) is 23.6 Å². The Morgan fingerprint density at radius 3 is 2.69 bits per heavy atom. The van der Waals surface area contributed by atoms with Gasteiger partial charge in [-0.25, -0.2) is 0 Å². The molecule has 0 N–H and O–H groups in total. The molecule has 1 atom stereocenters. The van der Waals surface area contributed by atoms with E-state index in [1.807, 2.05) is 0 Å². The van der Waals surface area contributed by atoms with E-state index in [1.54, 1.807) is 24.3 Å². The molecule has 3 aromatic rings. The Balaban J connectivity index is 1.36. The molecule has 0 spiro atoms. The molecule has 11 nitrogen and oxygen atoms in total. The summed E-state index contributed by atoms with van der Waals surface area (Å²) in [5.74, 6) is -0.633. The van der Waals surface area contributed by atoms with E-state index in [0.717, 1.165) is 0 Å². The minimum Gasteiger partial charge on any atom is -0.495 e. The largest absolute Gasteiger partial charge is 0.495 e. The van der Waals surface area contributed by atoms with E-state index >= 15 is 0 Å². The van der Waals surface area contributed by atoms with Crippen LogP contribution >= 0.6 is 0 Å². The summed E-state index contributed by atoms with van der Waals surface area (Å²) >= 11 is 0. The van der Waals surface area contributed by atoms with Crippen molar-refractivity contribution in [3.63, 3.8) is 0 Å². The molecule has 1 aliphatic heterocycles. The number of benzene rings is 2. The van der Waals surface area contributed by atoms with Crippen LogP contribution < -0.4 is 9.64 Å². The lowest BCUT2D eigenvalue weighted by Gasteiger charge is -2.19. The number of hydrogen-bond acceptors (Lipinski definition) is 9. The minimum atomic E-state index is -0.635. The fraction of sp³-hybridized carbons (Fsp3) is 0.238. The van der Waals surface area contributed by atoms with Gasteiger partial charge in [-0.2, -0.15) is 0 Å². The third-order valence-electron chi connectivity index (χ3n) is 4.96. The summed E-state index contributed by atoms with van der Waals surface area (Å²) in [6.45, 7) is -0.0753. The second kappa shape index (κ2) is 8.84. The lowest BCUT2D eigenvalue weighted by molar-refractivity contribution is -0.384. The van der Waals surface area contributed by atoms with Gasteiger partial charge in [0.15, 0.2) is 6.61 Å². The first-order valence-electron chi connectivity index (χ1n) is 9.63. The summed E-state index contributed by atoms with van der Waals surface area (Å²) < 4.78 is 16.0. The van der Waals surface area contributed by atoms with Crippen molar-refractivity contribution >= 4 is 23.3 Å². The number of anilines is 1. The first-order chi connectivity index (χ1) is 15.5. The Morgan fingerprint density at radius 1 is 1.22 bits per heavy atom. The van der Waals surface area contributed by atoms with Crippen LogP contribution in [0.2, 0.25) is 0 Å². The quantitative estimate of drug-likeness (QED) is 0.309. The molecule has 0 radical (unpaired) electrons. The number of ether oxygens (including phenoxy) is 2. The van der Waals surface area contributed by atoms with Crippen LogP contribution in [0, 0.1) is 16.0 Å². The van der Waals surface area contributed by atoms with Gasteiger partial charge >= 0.3 is 5.97 Å². The number of aromatic nitrogens is 2. The normalized spacial score (nSPS) is 15.6. The molecule has 0 bridgehead atoms. The van der Waals surface area contributed by atoms with Gasteiger partial charge in [-0.3, -0.25) is 19.7 Å². The Morgan fingerprint density at radius 2 is 1.97 bits per heavy atom. The van der Waals surface area contributed by atoms with Crippen molar-refractivity contribution in [2.45, 2.75) is 13.0 Å². The van der Waals surface area contributed by atoms with E-state index in [1.165, 1.54) is 36.3 Å². The summed E-state index contributed by atoms with van der Waals surface area (Å²) in [6, 6.07) is 12.7. The molecule has 1 saturated heterocycles. The second-order valence-electron chi connectivity index (χ2n) is 6.99. The molecule has 1 amide bonds. The highest BCUT2D eigenvalue weighted by Gasteiger charge is 2.37. The predicted molar refractivity (Wildman–Crippen MR) is 110 cm³/mol. The molecule has 2 heterocycles. The number of non-ortho nitro benzene ring substituents is 1. The molecule has 1 aliphatic rings. The smallest absolute Gasteiger partial charge is 0.311 e. The Kier molecular flexibility index (Phi) is 5.79. The monoisotopic (exact) mass is 438 g/mol. The molecule has 4 rings (SSSR count). The third-order valence-corrected chi connectivity index (χ3v) is 4.96. The molecule has 1 fully saturated rings. The maximum Gasteiger partial charge on any atom is 0.311 e. The number of amides is 1. The predicted octanol–water partition coefficient (Wildman–Crippen LogP) is 2.75. The first-order valence-corrected chi connectivity index (χ1v) is 9.63. The minimum absolute atomic E-state index is 0.0226. The molecular weight excluding hydrogens is 420 g/mol. The van der Waals surface area contributed by atoms with Crippen molar-refractivity contribution in [1.82, 2.24) is 10.2 Å².